The van der Waals surface area contributed by atoms with Gasteiger partial charge in [-0.1, -0.05) is 164 Å². The number of pyridine rings is 1. The third-order valence-corrected chi connectivity index (χ3v) is 15.4. The van der Waals surface area contributed by atoms with Crippen LogP contribution in [0.5, 0.6) is 0 Å². The highest BCUT2D eigenvalue weighted by molar-refractivity contribution is 6.26. The summed E-state index contributed by atoms with van der Waals surface area (Å²) in [5, 5.41) is 7.56. The van der Waals surface area contributed by atoms with Crippen molar-refractivity contribution in [2.45, 2.75) is 18.8 Å². The number of nitrogens with zero attached hydrogens (tertiary/aromatic N) is 4. The molecule has 0 radical (unpaired) electrons. The van der Waals surface area contributed by atoms with Crippen molar-refractivity contribution in [1.82, 2.24) is 18.7 Å². The smallest absolute Gasteiger partial charge is 0.0710 e. The molecule has 338 valence electrons. The number of rotatable bonds is 8. The second-order valence-electron chi connectivity index (χ2n) is 19.4. The van der Waals surface area contributed by atoms with Gasteiger partial charge in [0.2, 0.25) is 0 Å². The maximum absolute atomic E-state index is 5.17. The van der Waals surface area contributed by atoms with Crippen LogP contribution in [-0.4, -0.2) is 18.7 Å². The predicted molar refractivity (Wildman–Crippen MR) is 300 cm³/mol. The van der Waals surface area contributed by atoms with E-state index in [-0.39, 0.29) is 5.92 Å². The first-order chi connectivity index (χ1) is 35.7. The summed E-state index contributed by atoms with van der Waals surface area (Å²) < 4.78 is 7.41. The van der Waals surface area contributed by atoms with E-state index >= 15 is 0 Å². The third kappa shape index (κ3) is 6.22. The zero-order valence-electron chi connectivity index (χ0n) is 39.5. The van der Waals surface area contributed by atoms with Crippen LogP contribution in [0.25, 0.3) is 116 Å². The van der Waals surface area contributed by atoms with Gasteiger partial charge in [-0.05, 0) is 126 Å². The highest BCUT2D eigenvalue weighted by Gasteiger charge is 2.30. The Hall–Kier alpha value is -9.25. The summed E-state index contributed by atoms with van der Waals surface area (Å²) in [6.07, 6.45) is 1.96. The molecule has 15 rings (SSSR count). The van der Waals surface area contributed by atoms with E-state index in [1.165, 1.54) is 105 Å². The molecule has 10 aromatic carbocycles. The third-order valence-electron chi connectivity index (χ3n) is 15.4. The molecular weight excluding hydrogens is 873 g/mol. The van der Waals surface area contributed by atoms with Gasteiger partial charge in [-0.2, -0.15) is 0 Å². The van der Waals surface area contributed by atoms with Gasteiger partial charge >= 0.3 is 0 Å². The zero-order chi connectivity index (χ0) is 47.3. The Morgan fingerprint density at radius 2 is 0.917 bits per heavy atom. The number of benzene rings is 10. The molecule has 0 fully saturated rings. The highest BCUT2D eigenvalue weighted by Crippen LogP contribution is 2.50. The molecule has 0 spiro atoms. The highest BCUT2D eigenvalue weighted by atomic mass is 15.0. The Labute approximate surface area is 416 Å². The Balaban J connectivity index is 0.839. The Morgan fingerprint density at radius 3 is 1.72 bits per heavy atom. The van der Waals surface area contributed by atoms with Crippen LogP contribution in [0.1, 0.15) is 29.0 Å². The van der Waals surface area contributed by atoms with Crippen LogP contribution in [0, 0.1) is 0 Å². The number of fused-ring (bicyclic) bond motifs is 13. The summed E-state index contributed by atoms with van der Waals surface area (Å²) in [4.78, 5) is 5.17. The summed E-state index contributed by atoms with van der Waals surface area (Å²) in [6, 6.07) is 91.2. The van der Waals surface area contributed by atoms with E-state index in [1.807, 2.05) is 6.07 Å². The first kappa shape index (κ1) is 40.6. The van der Waals surface area contributed by atoms with Crippen molar-refractivity contribution in [3.63, 3.8) is 0 Å². The fraction of sp³-hybridized carbons (Fsp3) is 0.0441. The molecule has 4 heteroatoms. The quantitative estimate of drug-likeness (QED) is 0.149. The summed E-state index contributed by atoms with van der Waals surface area (Å²) >= 11 is 0. The lowest BCUT2D eigenvalue weighted by Crippen LogP contribution is -2.01. The average molecular weight is 919 g/mol. The molecule has 0 bridgehead atoms. The number of aryl methyl sites for hydroxylation is 1. The number of aromatic nitrogens is 4. The molecule has 72 heavy (non-hydrogen) atoms. The summed E-state index contributed by atoms with van der Waals surface area (Å²) in [7, 11) is 0. The van der Waals surface area contributed by atoms with Gasteiger partial charge in [0.05, 0.1) is 44.5 Å². The van der Waals surface area contributed by atoms with E-state index in [4.69, 9.17) is 4.98 Å². The molecular formula is C68H46N4. The minimum absolute atomic E-state index is 0.286. The van der Waals surface area contributed by atoms with Gasteiger partial charge in [0.1, 0.15) is 0 Å². The fourth-order valence-electron chi connectivity index (χ4n) is 12.3. The van der Waals surface area contributed by atoms with Crippen LogP contribution in [-0.2, 0) is 6.42 Å². The first-order valence-electron chi connectivity index (χ1n) is 25.1. The lowest BCUT2D eigenvalue weighted by molar-refractivity contribution is 0.730. The summed E-state index contributed by atoms with van der Waals surface area (Å²) in [6.45, 7) is 0. The maximum atomic E-state index is 5.17. The molecule has 0 aliphatic heterocycles. The molecule has 0 saturated heterocycles. The summed E-state index contributed by atoms with van der Waals surface area (Å²) in [5.41, 5.74) is 21.7. The molecule has 1 aliphatic rings. The van der Waals surface area contributed by atoms with Crippen LogP contribution >= 0.6 is 0 Å². The Morgan fingerprint density at radius 1 is 0.333 bits per heavy atom. The molecule has 4 nitrogen and oxygen atoms in total. The van der Waals surface area contributed by atoms with E-state index in [9.17, 15) is 0 Å². The monoisotopic (exact) mass is 918 g/mol. The number of hydrogen-bond donors (Lipinski definition) is 0. The van der Waals surface area contributed by atoms with Crippen LogP contribution in [0.4, 0.5) is 0 Å². The molecule has 0 amide bonds. The lowest BCUT2D eigenvalue weighted by atomic mass is 9.90. The Kier molecular flexibility index (Phi) is 9.12. The van der Waals surface area contributed by atoms with E-state index < -0.39 is 0 Å². The zero-order valence-corrected chi connectivity index (χ0v) is 39.5. The van der Waals surface area contributed by atoms with E-state index in [0.29, 0.717) is 0 Å². The molecule has 1 aliphatic carbocycles. The van der Waals surface area contributed by atoms with Gasteiger partial charge in [0, 0.05) is 66.4 Å². The van der Waals surface area contributed by atoms with Gasteiger partial charge < -0.3 is 13.7 Å². The first-order valence-corrected chi connectivity index (χ1v) is 25.1. The minimum Gasteiger partial charge on any atom is -0.309 e. The molecule has 0 saturated carbocycles. The van der Waals surface area contributed by atoms with Gasteiger partial charge in [-0.3, -0.25) is 0 Å². The summed E-state index contributed by atoms with van der Waals surface area (Å²) in [5.74, 6) is 0.286. The molecule has 0 N–H and O–H groups in total. The minimum atomic E-state index is 0.286. The number of hydrogen-bond acceptors (Lipinski definition) is 1. The van der Waals surface area contributed by atoms with E-state index in [2.05, 4.69) is 256 Å². The fourth-order valence-corrected chi connectivity index (χ4v) is 12.3. The van der Waals surface area contributed by atoms with Crippen LogP contribution in [0.2, 0.25) is 0 Å². The van der Waals surface area contributed by atoms with Crippen molar-refractivity contribution in [3.05, 3.63) is 265 Å². The van der Waals surface area contributed by atoms with Crippen molar-refractivity contribution in [2.75, 3.05) is 0 Å². The van der Waals surface area contributed by atoms with Gasteiger partial charge in [-0.15, -0.1) is 0 Å². The van der Waals surface area contributed by atoms with Gasteiger partial charge in [0.25, 0.3) is 0 Å². The van der Waals surface area contributed by atoms with Crippen molar-refractivity contribution in [3.8, 4) is 50.7 Å². The molecule has 4 heterocycles. The predicted octanol–water partition coefficient (Wildman–Crippen LogP) is 17.5. The average Bonchev–Trinajstić information content (AvgIpc) is 4.17. The van der Waals surface area contributed by atoms with Crippen LogP contribution in [0.15, 0.2) is 249 Å². The van der Waals surface area contributed by atoms with E-state index in [1.54, 1.807) is 0 Å². The number of para-hydroxylation sites is 4. The second kappa shape index (κ2) is 16.2. The van der Waals surface area contributed by atoms with Crippen LogP contribution < -0.4 is 0 Å². The standard InChI is InChI=1S/C68H46N4/c1-3-19-45(20-4-1)60-31-17-32-61(69-60)46-21-16-25-49(41-46)72-63-34-13-9-28-53(63)55-38-39-65-67(68(55)72)56-30-11-14-35-64(56)71(65)48-24-15-18-44(40-48)36-37-52-50-26-7-8-27-51(50)58-43-66-59(42-57(52)58)54-29-10-12-33-62(54)70(66)47-22-5-2-6-23-47/h1-35,38-43,52H,36-37H2. The van der Waals surface area contributed by atoms with Crippen molar-refractivity contribution >= 4 is 65.4 Å². The molecule has 1 atom stereocenters. The largest absolute Gasteiger partial charge is 0.309 e. The molecule has 4 aromatic heterocycles. The van der Waals surface area contributed by atoms with Crippen LogP contribution in [0.3, 0.4) is 0 Å². The van der Waals surface area contributed by atoms with Crippen molar-refractivity contribution in [1.29, 1.82) is 0 Å². The Bertz CT molecular complexity index is 4460. The molecule has 14 aromatic rings. The normalized spacial score (nSPS) is 13.2. The second-order valence-corrected chi connectivity index (χ2v) is 19.4. The van der Waals surface area contributed by atoms with Crippen molar-refractivity contribution in [2.24, 2.45) is 0 Å². The van der Waals surface area contributed by atoms with Gasteiger partial charge in [-0.25, -0.2) is 4.98 Å². The van der Waals surface area contributed by atoms with Crippen molar-refractivity contribution < 1.29 is 0 Å². The SMILES string of the molecule is c1ccc(-c2cccc(-c3cccc(-n4c5ccccc5c5ccc6c(c7ccccc7n6-c6cccc(CCC7c8ccccc8-c8cc9c(cc87)c7ccccc7n9-c7ccccc7)c6)c54)c3)n2)cc1. The molecule has 1 unspecified atom stereocenters. The van der Waals surface area contributed by atoms with E-state index in [0.717, 1.165) is 41.0 Å². The lowest BCUT2D eigenvalue weighted by Gasteiger charge is -2.15. The van der Waals surface area contributed by atoms with Gasteiger partial charge in [0.15, 0.2) is 0 Å². The maximum Gasteiger partial charge on any atom is 0.0710 e. The topological polar surface area (TPSA) is 27.7 Å².